The average Bonchev–Trinajstić information content (AvgIpc) is 3.09. The number of ether oxygens (including phenoxy) is 3. The van der Waals surface area contributed by atoms with Gasteiger partial charge in [0.05, 0.1) is 29.5 Å². The summed E-state index contributed by atoms with van der Waals surface area (Å²) < 4.78 is 17.2. The Morgan fingerprint density at radius 3 is 2.65 bits per heavy atom. The second-order valence-electron chi connectivity index (χ2n) is 7.65. The molecule has 0 aliphatic carbocycles. The molecule has 2 aliphatic heterocycles. The van der Waals surface area contributed by atoms with Gasteiger partial charge in [0.15, 0.2) is 18.1 Å². The second-order valence-corrected chi connectivity index (χ2v) is 10.2. The van der Waals surface area contributed by atoms with Crippen molar-refractivity contribution in [3.63, 3.8) is 0 Å². The van der Waals surface area contributed by atoms with E-state index in [4.69, 9.17) is 26.4 Å². The third-order valence-electron chi connectivity index (χ3n) is 5.32. The van der Waals surface area contributed by atoms with E-state index in [2.05, 4.69) is 15.9 Å². The van der Waals surface area contributed by atoms with Gasteiger partial charge in [0.1, 0.15) is 4.32 Å². The highest BCUT2D eigenvalue weighted by molar-refractivity contribution is 9.10. The van der Waals surface area contributed by atoms with Gasteiger partial charge >= 0.3 is 5.97 Å². The average molecular weight is 572 g/mol. The molecule has 34 heavy (non-hydrogen) atoms. The molecule has 0 atom stereocenters. The molecule has 2 fully saturated rings. The lowest BCUT2D eigenvalue weighted by Crippen LogP contribution is -2.38. The predicted molar refractivity (Wildman–Crippen MR) is 138 cm³/mol. The molecular formula is C23H27BrN2O6S2. The Morgan fingerprint density at radius 2 is 1.97 bits per heavy atom. The van der Waals surface area contributed by atoms with Gasteiger partial charge in [-0.1, -0.05) is 24.0 Å². The minimum atomic E-state index is -0.372. The molecule has 0 saturated carbocycles. The number of esters is 1. The summed E-state index contributed by atoms with van der Waals surface area (Å²) in [7, 11) is 1.51. The van der Waals surface area contributed by atoms with Gasteiger partial charge in [-0.2, -0.15) is 0 Å². The van der Waals surface area contributed by atoms with E-state index in [9.17, 15) is 14.4 Å². The quantitative estimate of drug-likeness (QED) is 0.250. The Labute approximate surface area is 217 Å². The van der Waals surface area contributed by atoms with Gasteiger partial charge in [0, 0.05) is 19.6 Å². The van der Waals surface area contributed by atoms with Gasteiger partial charge in [0.25, 0.3) is 11.8 Å². The molecule has 3 rings (SSSR count). The Hall–Kier alpha value is -2.11. The molecular weight excluding hydrogens is 544 g/mol. The van der Waals surface area contributed by atoms with Crippen LogP contribution in [-0.4, -0.2) is 71.9 Å². The first-order chi connectivity index (χ1) is 16.3. The highest BCUT2D eigenvalue weighted by atomic mass is 79.9. The molecule has 2 aliphatic rings. The van der Waals surface area contributed by atoms with Crippen molar-refractivity contribution in [2.24, 2.45) is 0 Å². The van der Waals surface area contributed by atoms with Crippen LogP contribution in [0.25, 0.3) is 6.08 Å². The smallest absolute Gasteiger partial charge is 0.307 e. The summed E-state index contributed by atoms with van der Waals surface area (Å²) >= 11 is 9.99. The van der Waals surface area contributed by atoms with Crippen molar-refractivity contribution in [3.8, 4) is 11.5 Å². The minimum Gasteiger partial charge on any atom is -0.493 e. The van der Waals surface area contributed by atoms with Gasteiger partial charge in [-0.25, -0.2) is 0 Å². The first-order valence-electron chi connectivity index (χ1n) is 11.0. The van der Waals surface area contributed by atoms with Crippen LogP contribution in [0.1, 0.15) is 38.2 Å². The van der Waals surface area contributed by atoms with E-state index in [1.807, 2.05) is 4.90 Å². The molecule has 0 N–H and O–H groups in total. The number of hydrogen-bond donors (Lipinski definition) is 0. The highest BCUT2D eigenvalue weighted by Crippen LogP contribution is 2.39. The van der Waals surface area contributed by atoms with E-state index in [0.29, 0.717) is 37.4 Å². The number of benzene rings is 1. The molecule has 2 saturated heterocycles. The largest absolute Gasteiger partial charge is 0.493 e. The van der Waals surface area contributed by atoms with Gasteiger partial charge in [-0.3, -0.25) is 19.3 Å². The summed E-state index contributed by atoms with van der Waals surface area (Å²) in [6.07, 6.45) is 4.97. The minimum absolute atomic E-state index is 0.0516. The number of hydrogen-bond acceptors (Lipinski definition) is 8. The summed E-state index contributed by atoms with van der Waals surface area (Å²) in [5, 5.41) is 0. The monoisotopic (exact) mass is 570 g/mol. The topological polar surface area (TPSA) is 85.4 Å². The molecule has 184 valence electrons. The number of piperidine rings is 1. The number of thiocarbonyl (C=S) groups is 1. The third kappa shape index (κ3) is 6.73. The maximum atomic E-state index is 12.8. The van der Waals surface area contributed by atoms with Gasteiger partial charge in [0.2, 0.25) is 0 Å². The zero-order valence-corrected chi connectivity index (χ0v) is 22.4. The van der Waals surface area contributed by atoms with E-state index < -0.39 is 0 Å². The van der Waals surface area contributed by atoms with Crippen LogP contribution in [0.5, 0.6) is 11.5 Å². The van der Waals surface area contributed by atoms with E-state index in [1.54, 1.807) is 25.1 Å². The maximum Gasteiger partial charge on any atom is 0.307 e. The molecule has 0 unspecified atom stereocenters. The fourth-order valence-electron chi connectivity index (χ4n) is 3.61. The second kappa shape index (κ2) is 12.6. The van der Waals surface area contributed by atoms with Crippen LogP contribution in [-0.2, 0) is 19.1 Å². The number of thioether (sulfide) groups is 1. The number of nitrogens with zero attached hydrogens (tertiary/aromatic N) is 2. The zero-order valence-electron chi connectivity index (χ0n) is 19.1. The summed E-state index contributed by atoms with van der Waals surface area (Å²) in [6.45, 7) is 3.64. The van der Waals surface area contributed by atoms with Gasteiger partial charge in [-0.05, 0) is 65.9 Å². The van der Waals surface area contributed by atoms with Crippen molar-refractivity contribution in [3.05, 3.63) is 27.1 Å². The normalized spacial score (nSPS) is 17.3. The van der Waals surface area contributed by atoms with E-state index >= 15 is 0 Å². The molecule has 2 amide bonds. The SMILES string of the molecule is CCOC(=O)CCN1C(=O)/C(=C\c2cc(Br)c(OCC(=O)N3CCCCC3)c(OC)c2)SC1=S. The molecule has 0 spiro atoms. The molecule has 0 radical (unpaired) electrons. The standard InChI is InChI=1S/C23H27BrN2O6S2/c1-3-31-20(28)7-10-26-22(29)18(34-23(26)33)13-15-11-16(24)21(17(12-15)30-2)32-14-19(27)25-8-5-4-6-9-25/h11-13H,3-10,14H2,1-2H3/b18-13+. The van der Waals surface area contributed by atoms with Crippen molar-refractivity contribution in [1.29, 1.82) is 0 Å². The fraction of sp³-hybridized carbons (Fsp3) is 0.478. The number of carbonyl (C=O) groups is 3. The first-order valence-corrected chi connectivity index (χ1v) is 13.0. The third-order valence-corrected chi connectivity index (χ3v) is 7.28. The number of halogens is 1. The molecule has 2 heterocycles. The van der Waals surface area contributed by atoms with Crippen LogP contribution in [0.3, 0.4) is 0 Å². The molecule has 11 heteroatoms. The lowest BCUT2D eigenvalue weighted by atomic mass is 10.1. The van der Waals surface area contributed by atoms with Crippen LogP contribution < -0.4 is 9.47 Å². The summed E-state index contributed by atoms with van der Waals surface area (Å²) in [5.41, 5.74) is 0.698. The molecule has 0 aromatic heterocycles. The highest BCUT2D eigenvalue weighted by Gasteiger charge is 2.32. The lowest BCUT2D eigenvalue weighted by Gasteiger charge is -2.26. The molecule has 8 nitrogen and oxygen atoms in total. The maximum absolute atomic E-state index is 12.8. The van der Waals surface area contributed by atoms with Crippen LogP contribution in [0.4, 0.5) is 0 Å². The number of likely N-dealkylation sites (tertiary alicyclic amines) is 1. The fourth-order valence-corrected chi connectivity index (χ4v) is 5.49. The van der Waals surface area contributed by atoms with Crippen LogP contribution >= 0.6 is 39.9 Å². The van der Waals surface area contributed by atoms with E-state index in [1.165, 1.54) is 23.8 Å². The van der Waals surface area contributed by atoms with E-state index in [-0.39, 0.29) is 37.4 Å². The number of carbonyl (C=O) groups excluding carboxylic acids is 3. The van der Waals surface area contributed by atoms with E-state index in [0.717, 1.165) is 32.4 Å². The lowest BCUT2D eigenvalue weighted by molar-refractivity contribution is -0.143. The van der Waals surface area contributed by atoms with Gasteiger partial charge in [-0.15, -0.1) is 0 Å². The van der Waals surface area contributed by atoms with Crippen molar-refractivity contribution in [2.75, 3.05) is 40.0 Å². The summed E-state index contributed by atoms with van der Waals surface area (Å²) in [6, 6.07) is 3.52. The van der Waals surface area contributed by atoms with Crippen LogP contribution in [0.2, 0.25) is 0 Å². The van der Waals surface area contributed by atoms with Crippen molar-refractivity contribution >= 4 is 68.1 Å². The summed E-state index contributed by atoms with van der Waals surface area (Å²) in [4.78, 5) is 40.6. The number of amides is 2. The van der Waals surface area contributed by atoms with Crippen LogP contribution in [0, 0.1) is 0 Å². The number of rotatable bonds is 9. The zero-order chi connectivity index (χ0) is 24.7. The first kappa shape index (κ1) is 26.5. The molecule has 0 bridgehead atoms. The van der Waals surface area contributed by atoms with Gasteiger partial charge < -0.3 is 19.1 Å². The molecule has 1 aromatic carbocycles. The van der Waals surface area contributed by atoms with Crippen LogP contribution in [0.15, 0.2) is 21.5 Å². The summed E-state index contributed by atoms with van der Waals surface area (Å²) in [5.74, 6) is 0.173. The Bertz CT molecular complexity index is 994. The van der Waals surface area contributed by atoms with Crippen molar-refractivity contribution in [2.45, 2.75) is 32.6 Å². The molecule has 1 aromatic rings. The Balaban J connectivity index is 1.69. The predicted octanol–water partition coefficient (Wildman–Crippen LogP) is 4.00. The van der Waals surface area contributed by atoms with Crippen molar-refractivity contribution < 1.29 is 28.6 Å². The Kier molecular flexibility index (Phi) is 9.78. The van der Waals surface area contributed by atoms with Crippen molar-refractivity contribution in [1.82, 2.24) is 9.80 Å². The number of methoxy groups -OCH3 is 1. The Morgan fingerprint density at radius 1 is 1.24 bits per heavy atom.